The molecule has 0 saturated carbocycles. The number of carboxylic acid groups (broad SMARTS) is 1. The fourth-order valence-electron chi connectivity index (χ4n) is 1.03. The number of carbonyl (C=O) groups is 2. The molecule has 0 aliphatic carbocycles. The Morgan fingerprint density at radius 2 is 2.31 bits per heavy atom. The predicted molar refractivity (Wildman–Crippen MR) is 61.5 cm³/mol. The van der Waals surface area contributed by atoms with E-state index in [1.165, 1.54) is 18.7 Å². The van der Waals surface area contributed by atoms with Crippen molar-refractivity contribution in [1.29, 1.82) is 0 Å². The summed E-state index contributed by atoms with van der Waals surface area (Å²) in [6.07, 6.45) is 1.68. The zero-order valence-electron chi connectivity index (χ0n) is 8.77. The summed E-state index contributed by atoms with van der Waals surface area (Å²) in [4.78, 5) is 25.3. The Hall–Kier alpha value is -1.56. The van der Waals surface area contributed by atoms with E-state index in [0.29, 0.717) is 16.5 Å². The third-order valence-corrected chi connectivity index (χ3v) is 2.64. The van der Waals surface area contributed by atoms with Gasteiger partial charge in [0, 0.05) is 18.9 Å². The highest BCUT2D eigenvalue weighted by atomic mass is 32.2. The van der Waals surface area contributed by atoms with Crippen LogP contribution in [-0.2, 0) is 9.59 Å². The topological polar surface area (TPSA) is 79.3 Å². The third kappa shape index (κ3) is 4.31. The summed E-state index contributed by atoms with van der Waals surface area (Å²) in [6, 6.07) is 3.45. The van der Waals surface area contributed by atoms with Crippen molar-refractivity contribution in [1.82, 2.24) is 4.98 Å². The van der Waals surface area contributed by atoms with E-state index in [1.807, 2.05) is 0 Å². The molecule has 1 amide bonds. The summed E-state index contributed by atoms with van der Waals surface area (Å²) < 4.78 is 0. The van der Waals surface area contributed by atoms with Crippen LogP contribution in [-0.4, -0.2) is 27.7 Å². The maximum Gasteiger partial charge on any atom is 0.304 e. The number of carbonyl (C=O) groups excluding carboxylic acids is 1. The van der Waals surface area contributed by atoms with Crippen molar-refractivity contribution in [2.45, 2.75) is 18.4 Å². The van der Waals surface area contributed by atoms with Gasteiger partial charge in [0.2, 0.25) is 5.91 Å². The van der Waals surface area contributed by atoms with E-state index in [4.69, 9.17) is 5.11 Å². The molecule has 0 fully saturated rings. The van der Waals surface area contributed by atoms with Crippen molar-refractivity contribution in [3.63, 3.8) is 0 Å². The number of hydrogen-bond donors (Lipinski definition) is 2. The van der Waals surface area contributed by atoms with Crippen LogP contribution in [0.15, 0.2) is 23.4 Å². The van der Waals surface area contributed by atoms with E-state index in [-0.39, 0.29) is 12.3 Å². The first-order chi connectivity index (χ1) is 7.59. The Morgan fingerprint density at radius 3 is 2.94 bits per heavy atom. The molecule has 5 nitrogen and oxygen atoms in total. The highest BCUT2D eigenvalue weighted by Crippen LogP contribution is 2.24. The van der Waals surface area contributed by atoms with Crippen LogP contribution in [0.5, 0.6) is 0 Å². The maximum absolute atomic E-state index is 10.9. The molecule has 1 heterocycles. The first-order valence-electron chi connectivity index (χ1n) is 4.67. The fourth-order valence-corrected chi connectivity index (χ4v) is 1.91. The average molecular weight is 240 g/mol. The van der Waals surface area contributed by atoms with Gasteiger partial charge in [0.05, 0.1) is 12.1 Å². The minimum absolute atomic E-state index is 0.0702. The molecule has 0 aromatic carbocycles. The number of aliphatic carboxylic acids is 1. The molecule has 0 atom stereocenters. The Bertz CT molecular complexity index is 395. The first-order valence-corrected chi connectivity index (χ1v) is 5.65. The molecule has 0 unspecified atom stereocenters. The summed E-state index contributed by atoms with van der Waals surface area (Å²) in [6.45, 7) is 1.42. The summed E-state index contributed by atoms with van der Waals surface area (Å²) >= 11 is 1.31. The second-order valence-electron chi connectivity index (χ2n) is 3.03. The Labute approximate surface area is 97.3 Å². The minimum atomic E-state index is -0.843. The molecule has 2 N–H and O–H groups in total. The van der Waals surface area contributed by atoms with Crippen molar-refractivity contribution in [3.05, 3.63) is 18.3 Å². The van der Waals surface area contributed by atoms with E-state index < -0.39 is 5.97 Å². The predicted octanol–water partition coefficient (Wildman–Crippen LogP) is 1.61. The molecule has 86 valence electrons. The van der Waals surface area contributed by atoms with Crippen LogP contribution >= 0.6 is 11.8 Å². The number of nitrogens with one attached hydrogen (secondary N) is 1. The number of nitrogens with zero attached hydrogens (tertiary/aromatic N) is 1. The normalized spacial score (nSPS) is 9.81. The lowest BCUT2D eigenvalue weighted by atomic mass is 10.4. The van der Waals surface area contributed by atoms with Gasteiger partial charge in [-0.15, -0.1) is 11.8 Å². The van der Waals surface area contributed by atoms with Gasteiger partial charge >= 0.3 is 5.97 Å². The SMILES string of the molecule is CC(=O)Nc1cccnc1SCCC(=O)O. The molecule has 0 radical (unpaired) electrons. The van der Waals surface area contributed by atoms with E-state index in [1.54, 1.807) is 18.3 Å². The number of pyridine rings is 1. The van der Waals surface area contributed by atoms with Gasteiger partial charge in [-0.05, 0) is 12.1 Å². The molecular weight excluding hydrogens is 228 g/mol. The van der Waals surface area contributed by atoms with Gasteiger partial charge in [-0.3, -0.25) is 9.59 Å². The second kappa shape index (κ2) is 6.12. The molecule has 0 aliphatic heterocycles. The maximum atomic E-state index is 10.9. The molecule has 1 rings (SSSR count). The van der Waals surface area contributed by atoms with Crippen LogP contribution in [0.3, 0.4) is 0 Å². The summed E-state index contributed by atoms with van der Waals surface area (Å²) in [5.74, 6) is -0.587. The van der Waals surface area contributed by atoms with Gasteiger partial charge in [0.25, 0.3) is 0 Å². The lowest BCUT2D eigenvalue weighted by Gasteiger charge is -2.07. The van der Waals surface area contributed by atoms with E-state index in [0.717, 1.165) is 0 Å². The highest BCUT2D eigenvalue weighted by molar-refractivity contribution is 7.99. The Kier molecular flexibility index (Phi) is 4.78. The molecule has 1 aromatic rings. The molecule has 1 aromatic heterocycles. The van der Waals surface area contributed by atoms with Gasteiger partial charge < -0.3 is 10.4 Å². The van der Waals surface area contributed by atoms with Crippen LogP contribution in [0.25, 0.3) is 0 Å². The molecule has 6 heteroatoms. The lowest BCUT2D eigenvalue weighted by molar-refractivity contribution is -0.136. The summed E-state index contributed by atoms with van der Waals surface area (Å²) in [5.41, 5.74) is 0.616. The van der Waals surface area contributed by atoms with E-state index in [9.17, 15) is 9.59 Å². The molecule has 0 aliphatic rings. The number of anilines is 1. The van der Waals surface area contributed by atoms with Crippen molar-refractivity contribution >= 4 is 29.3 Å². The van der Waals surface area contributed by atoms with Gasteiger partial charge in [0.1, 0.15) is 5.03 Å². The number of carboxylic acids is 1. The zero-order chi connectivity index (χ0) is 12.0. The highest BCUT2D eigenvalue weighted by Gasteiger charge is 2.06. The second-order valence-corrected chi connectivity index (χ2v) is 4.11. The quantitative estimate of drug-likeness (QED) is 0.764. The third-order valence-electron chi connectivity index (χ3n) is 1.64. The lowest BCUT2D eigenvalue weighted by Crippen LogP contribution is -2.07. The minimum Gasteiger partial charge on any atom is -0.481 e. The van der Waals surface area contributed by atoms with Crippen molar-refractivity contribution in [2.24, 2.45) is 0 Å². The van der Waals surface area contributed by atoms with E-state index >= 15 is 0 Å². The van der Waals surface area contributed by atoms with Crippen LogP contribution < -0.4 is 5.32 Å². The average Bonchev–Trinajstić information content (AvgIpc) is 2.19. The monoisotopic (exact) mass is 240 g/mol. The zero-order valence-corrected chi connectivity index (χ0v) is 9.58. The largest absolute Gasteiger partial charge is 0.481 e. The number of rotatable bonds is 5. The van der Waals surface area contributed by atoms with Gasteiger partial charge in [-0.25, -0.2) is 4.98 Å². The fraction of sp³-hybridized carbons (Fsp3) is 0.300. The van der Waals surface area contributed by atoms with Crippen LogP contribution in [0.4, 0.5) is 5.69 Å². The van der Waals surface area contributed by atoms with Crippen molar-refractivity contribution in [3.8, 4) is 0 Å². The molecular formula is C10H12N2O3S. The summed E-state index contributed by atoms with van der Waals surface area (Å²) in [5, 5.41) is 11.8. The standard InChI is InChI=1S/C10H12N2O3S/c1-7(13)12-8-3-2-5-11-10(8)16-6-4-9(14)15/h2-3,5H,4,6H2,1H3,(H,12,13)(H,14,15). The number of hydrogen-bond acceptors (Lipinski definition) is 4. The molecule has 0 saturated heterocycles. The number of aromatic nitrogens is 1. The molecule has 0 bridgehead atoms. The first kappa shape index (κ1) is 12.5. The van der Waals surface area contributed by atoms with Crippen molar-refractivity contribution < 1.29 is 14.7 Å². The van der Waals surface area contributed by atoms with E-state index in [2.05, 4.69) is 10.3 Å². The number of amides is 1. The van der Waals surface area contributed by atoms with Gasteiger partial charge in [-0.2, -0.15) is 0 Å². The Balaban J connectivity index is 2.63. The molecule has 16 heavy (non-hydrogen) atoms. The van der Waals surface area contributed by atoms with Gasteiger partial charge in [-0.1, -0.05) is 0 Å². The smallest absolute Gasteiger partial charge is 0.304 e. The van der Waals surface area contributed by atoms with Crippen molar-refractivity contribution in [2.75, 3.05) is 11.1 Å². The summed E-state index contributed by atoms with van der Waals surface area (Å²) in [7, 11) is 0. The Morgan fingerprint density at radius 1 is 1.56 bits per heavy atom. The number of thioether (sulfide) groups is 1. The molecule has 0 spiro atoms. The van der Waals surface area contributed by atoms with Crippen LogP contribution in [0, 0.1) is 0 Å². The van der Waals surface area contributed by atoms with Crippen LogP contribution in [0.1, 0.15) is 13.3 Å². The van der Waals surface area contributed by atoms with Gasteiger partial charge in [0.15, 0.2) is 0 Å². The van der Waals surface area contributed by atoms with Crippen LogP contribution in [0.2, 0.25) is 0 Å².